The van der Waals surface area contributed by atoms with E-state index in [9.17, 15) is 4.39 Å². The second-order valence-corrected chi connectivity index (χ2v) is 5.94. The van der Waals surface area contributed by atoms with Crippen molar-refractivity contribution >= 4 is 22.6 Å². The molecule has 0 fully saturated rings. The Bertz CT molecular complexity index is 640. The number of nitrogens with zero attached hydrogens (tertiary/aromatic N) is 1. The summed E-state index contributed by atoms with van der Waals surface area (Å²) in [4.78, 5) is 4.52. The quantitative estimate of drug-likeness (QED) is 0.885. The third-order valence-electron chi connectivity index (χ3n) is 3.24. The summed E-state index contributed by atoms with van der Waals surface area (Å²) in [5, 5.41) is 4.51. The summed E-state index contributed by atoms with van der Waals surface area (Å²) in [6.07, 6.45) is 0. The molecule has 0 amide bonds. The molecule has 1 aliphatic heterocycles. The normalized spacial score (nSPS) is 17.9. The van der Waals surface area contributed by atoms with Crippen LogP contribution in [-0.4, -0.2) is 11.7 Å². The number of nitrogens with one attached hydrogen (secondary N) is 1. The number of rotatable bonds is 2. The third-order valence-corrected chi connectivity index (χ3v) is 4.40. The molecule has 3 rings (SSSR count). The van der Waals surface area contributed by atoms with Gasteiger partial charge in [-0.3, -0.25) is 4.99 Å². The van der Waals surface area contributed by atoms with Crippen LogP contribution in [0.1, 0.15) is 16.4 Å². The Morgan fingerprint density at radius 2 is 2.00 bits per heavy atom. The van der Waals surface area contributed by atoms with E-state index < -0.39 is 0 Å². The monoisotopic (exact) mass is 286 g/mol. The van der Waals surface area contributed by atoms with E-state index in [2.05, 4.69) is 22.4 Å². The highest BCUT2D eigenvalue weighted by molar-refractivity contribution is 8.14. The summed E-state index contributed by atoms with van der Waals surface area (Å²) in [5.74, 6) is -0.182. The van der Waals surface area contributed by atoms with E-state index in [0.717, 1.165) is 17.4 Å². The highest BCUT2D eigenvalue weighted by Crippen LogP contribution is 2.35. The fourth-order valence-electron chi connectivity index (χ4n) is 2.13. The fraction of sp³-hybridized carbons (Fsp3) is 0.188. The maximum absolute atomic E-state index is 13.2. The SMILES string of the molecule is Cc1cc(NC2=NCC(c3ccccc3)S2)ccc1F. The molecule has 1 aliphatic rings. The number of amidine groups is 1. The van der Waals surface area contributed by atoms with Gasteiger partial charge in [0.15, 0.2) is 5.17 Å². The summed E-state index contributed by atoms with van der Waals surface area (Å²) in [5.41, 5.74) is 2.80. The second kappa shape index (κ2) is 5.67. The number of thioether (sulfide) groups is 1. The average Bonchev–Trinajstić information content (AvgIpc) is 2.92. The maximum atomic E-state index is 13.2. The lowest BCUT2D eigenvalue weighted by molar-refractivity contribution is 0.619. The molecule has 2 nitrogen and oxygen atoms in total. The smallest absolute Gasteiger partial charge is 0.161 e. The first-order valence-corrected chi connectivity index (χ1v) is 7.39. The van der Waals surface area contributed by atoms with Gasteiger partial charge in [0, 0.05) is 5.69 Å². The minimum Gasteiger partial charge on any atom is -0.335 e. The number of halogens is 1. The predicted octanol–water partition coefficient (Wildman–Crippen LogP) is 4.39. The molecule has 1 N–H and O–H groups in total. The molecular formula is C16H15FN2S. The van der Waals surface area contributed by atoms with Crippen LogP contribution < -0.4 is 5.32 Å². The lowest BCUT2D eigenvalue weighted by atomic mass is 10.1. The summed E-state index contributed by atoms with van der Waals surface area (Å²) in [6.45, 7) is 2.54. The zero-order valence-electron chi connectivity index (χ0n) is 11.1. The van der Waals surface area contributed by atoms with Crippen molar-refractivity contribution in [3.8, 4) is 0 Å². The van der Waals surface area contributed by atoms with Crippen molar-refractivity contribution in [3.63, 3.8) is 0 Å². The Balaban J connectivity index is 1.67. The highest BCUT2D eigenvalue weighted by atomic mass is 32.2. The summed E-state index contributed by atoms with van der Waals surface area (Å²) in [6, 6.07) is 15.4. The first-order valence-electron chi connectivity index (χ1n) is 6.51. The van der Waals surface area contributed by atoms with Crippen LogP contribution in [-0.2, 0) is 0 Å². The number of aliphatic imine (C=N–C) groups is 1. The average molecular weight is 286 g/mol. The van der Waals surface area contributed by atoms with E-state index >= 15 is 0 Å². The molecule has 2 aromatic carbocycles. The van der Waals surface area contributed by atoms with Crippen LogP contribution >= 0.6 is 11.8 Å². The predicted molar refractivity (Wildman–Crippen MR) is 83.8 cm³/mol. The van der Waals surface area contributed by atoms with Gasteiger partial charge in [0.25, 0.3) is 0 Å². The molecule has 0 saturated carbocycles. The van der Waals surface area contributed by atoms with Crippen molar-refractivity contribution in [3.05, 3.63) is 65.5 Å². The largest absolute Gasteiger partial charge is 0.335 e. The standard InChI is InChI=1S/C16H15FN2S/c1-11-9-13(7-8-14(11)17)19-16-18-10-15(20-16)12-5-3-2-4-6-12/h2-9,15H,10H2,1H3,(H,18,19). The third kappa shape index (κ3) is 2.85. The van der Waals surface area contributed by atoms with Crippen molar-refractivity contribution in [1.29, 1.82) is 0 Å². The molecule has 20 heavy (non-hydrogen) atoms. The zero-order chi connectivity index (χ0) is 13.9. The number of hydrogen-bond donors (Lipinski definition) is 1. The molecule has 4 heteroatoms. The summed E-state index contributed by atoms with van der Waals surface area (Å²) in [7, 11) is 0. The number of anilines is 1. The first kappa shape index (κ1) is 13.2. The Morgan fingerprint density at radius 3 is 2.75 bits per heavy atom. The molecule has 0 bridgehead atoms. The first-order chi connectivity index (χ1) is 9.72. The van der Waals surface area contributed by atoms with Gasteiger partial charge in [0.1, 0.15) is 5.82 Å². The van der Waals surface area contributed by atoms with Gasteiger partial charge in [-0.05, 0) is 36.2 Å². The van der Waals surface area contributed by atoms with E-state index in [-0.39, 0.29) is 5.82 Å². The van der Waals surface area contributed by atoms with E-state index in [1.165, 1.54) is 11.6 Å². The Morgan fingerprint density at radius 1 is 1.20 bits per heavy atom. The van der Waals surface area contributed by atoms with Crippen molar-refractivity contribution in [2.75, 3.05) is 11.9 Å². The molecule has 0 aliphatic carbocycles. The molecule has 2 aromatic rings. The molecule has 0 radical (unpaired) electrons. The summed E-state index contributed by atoms with van der Waals surface area (Å²) < 4.78 is 13.2. The lowest BCUT2D eigenvalue weighted by Gasteiger charge is -2.10. The molecule has 0 saturated heterocycles. The van der Waals surface area contributed by atoms with Gasteiger partial charge in [-0.25, -0.2) is 4.39 Å². The van der Waals surface area contributed by atoms with E-state index in [1.807, 2.05) is 18.2 Å². The lowest BCUT2D eigenvalue weighted by Crippen LogP contribution is -2.05. The Kier molecular flexibility index (Phi) is 3.74. The van der Waals surface area contributed by atoms with Gasteiger partial charge in [-0.2, -0.15) is 0 Å². The van der Waals surface area contributed by atoms with Crippen LogP contribution in [0.3, 0.4) is 0 Å². The Labute approximate surface area is 122 Å². The van der Waals surface area contributed by atoms with Crippen LogP contribution in [0, 0.1) is 12.7 Å². The van der Waals surface area contributed by atoms with Crippen molar-refractivity contribution in [2.24, 2.45) is 4.99 Å². The van der Waals surface area contributed by atoms with Crippen molar-refractivity contribution < 1.29 is 4.39 Å². The topological polar surface area (TPSA) is 24.4 Å². The zero-order valence-corrected chi connectivity index (χ0v) is 12.0. The van der Waals surface area contributed by atoms with Crippen LogP contribution in [0.2, 0.25) is 0 Å². The van der Waals surface area contributed by atoms with Crippen LogP contribution in [0.5, 0.6) is 0 Å². The van der Waals surface area contributed by atoms with Gasteiger partial charge in [0.05, 0.1) is 11.8 Å². The van der Waals surface area contributed by atoms with Gasteiger partial charge < -0.3 is 5.32 Å². The number of hydrogen-bond acceptors (Lipinski definition) is 3. The molecule has 1 atom stereocenters. The van der Waals surface area contributed by atoms with Gasteiger partial charge >= 0.3 is 0 Å². The van der Waals surface area contributed by atoms with Crippen LogP contribution in [0.4, 0.5) is 10.1 Å². The van der Waals surface area contributed by atoms with Gasteiger partial charge in [-0.1, -0.05) is 42.1 Å². The van der Waals surface area contributed by atoms with Crippen molar-refractivity contribution in [2.45, 2.75) is 12.2 Å². The van der Waals surface area contributed by atoms with E-state index in [4.69, 9.17) is 0 Å². The van der Waals surface area contributed by atoms with Gasteiger partial charge in [0.2, 0.25) is 0 Å². The van der Waals surface area contributed by atoms with Gasteiger partial charge in [-0.15, -0.1) is 0 Å². The molecule has 1 unspecified atom stereocenters. The fourth-order valence-corrected chi connectivity index (χ4v) is 3.17. The number of benzene rings is 2. The highest BCUT2D eigenvalue weighted by Gasteiger charge is 2.21. The second-order valence-electron chi connectivity index (χ2n) is 4.75. The molecule has 1 heterocycles. The molecule has 102 valence electrons. The van der Waals surface area contributed by atoms with E-state index in [1.54, 1.807) is 30.8 Å². The van der Waals surface area contributed by atoms with Crippen LogP contribution in [0.15, 0.2) is 53.5 Å². The minimum atomic E-state index is -0.182. The minimum absolute atomic E-state index is 0.182. The van der Waals surface area contributed by atoms with Crippen LogP contribution in [0.25, 0.3) is 0 Å². The Hall–Kier alpha value is -1.81. The summed E-state index contributed by atoms with van der Waals surface area (Å²) >= 11 is 1.71. The van der Waals surface area contributed by atoms with Crippen molar-refractivity contribution in [1.82, 2.24) is 0 Å². The maximum Gasteiger partial charge on any atom is 0.161 e. The van der Waals surface area contributed by atoms with E-state index in [0.29, 0.717) is 10.8 Å². The molecule has 0 aromatic heterocycles. The number of aryl methyl sites for hydroxylation is 1. The molecular weight excluding hydrogens is 271 g/mol. The molecule has 0 spiro atoms.